The number of rotatable bonds is 5. The first kappa shape index (κ1) is 17.3. The van der Waals surface area contributed by atoms with Crippen LogP contribution in [0.2, 0.25) is 10.0 Å². The monoisotopic (exact) mass is 372 g/mol. The fourth-order valence-electron chi connectivity index (χ4n) is 2.23. The number of benzene rings is 3. The number of fused-ring (bicyclic) bond motifs is 1. The normalized spacial score (nSPS) is 11.0. The first-order chi connectivity index (χ1) is 12.1. The molecule has 0 atom stereocenters. The minimum Gasteiger partial charge on any atom is -0.482 e. The number of nitrogens with zero attached hydrogens (tertiary/aromatic N) is 1. The molecular weight excluding hydrogens is 359 g/mol. The van der Waals surface area contributed by atoms with Crippen molar-refractivity contribution in [2.24, 2.45) is 5.10 Å². The van der Waals surface area contributed by atoms with Gasteiger partial charge < -0.3 is 4.74 Å². The van der Waals surface area contributed by atoms with Gasteiger partial charge in [-0.1, -0.05) is 59.6 Å². The number of hydrogen-bond acceptors (Lipinski definition) is 3. The van der Waals surface area contributed by atoms with Crippen LogP contribution in [0.4, 0.5) is 0 Å². The molecule has 0 fully saturated rings. The quantitative estimate of drug-likeness (QED) is 0.522. The van der Waals surface area contributed by atoms with Crippen LogP contribution in [0.1, 0.15) is 5.56 Å². The molecule has 3 aromatic rings. The minimum absolute atomic E-state index is 0.198. The number of ether oxygens (including phenoxy) is 1. The molecule has 3 rings (SSSR count). The molecule has 0 saturated heterocycles. The summed E-state index contributed by atoms with van der Waals surface area (Å²) in [4.78, 5) is 11.8. The number of halogens is 2. The Bertz CT molecular complexity index is 942. The van der Waals surface area contributed by atoms with Gasteiger partial charge in [0, 0.05) is 5.02 Å². The summed E-state index contributed by atoms with van der Waals surface area (Å²) in [7, 11) is 0. The SMILES string of the molecule is O=C(COc1ccc(Cl)cc1Cl)N/N=C\c1ccc2ccccc2c1. The van der Waals surface area contributed by atoms with Gasteiger partial charge in [-0.2, -0.15) is 5.10 Å². The second kappa shape index (κ2) is 8.01. The van der Waals surface area contributed by atoms with E-state index in [-0.39, 0.29) is 12.5 Å². The Balaban J connectivity index is 1.54. The number of carbonyl (C=O) groups excluding carboxylic acids is 1. The number of hydrazone groups is 1. The zero-order valence-corrected chi connectivity index (χ0v) is 14.6. The van der Waals surface area contributed by atoms with E-state index in [1.165, 1.54) is 0 Å². The summed E-state index contributed by atoms with van der Waals surface area (Å²) < 4.78 is 5.34. The maximum absolute atomic E-state index is 11.8. The van der Waals surface area contributed by atoms with Crippen molar-refractivity contribution in [3.8, 4) is 5.75 Å². The molecule has 0 aromatic heterocycles. The van der Waals surface area contributed by atoms with Crippen LogP contribution in [0.5, 0.6) is 5.75 Å². The van der Waals surface area contributed by atoms with Crippen LogP contribution in [-0.4, -0.2) is 18.7 Å². The molecule has 0 unspecified atom stereocenters. The third-order valence-electron chi connectivity index (χ3n) is 3.43. The average molecular weight is 373 g/mol. The molecule has 25 heavy (non-hydrogen) atoms. The maximum Gasteiger partial charge on any atom is 0.277 e. The van der Waals surface area contributed by atoms with E-state index in [0.29, 0.717) is 15.8 Å². The van der Waals surface area contributed by atoms with E-state index >= 15 is 0 Å². The minimum atomic E-state index is -0.386. The van der Waals surface area contributed by atoms with Crippen molar-refractivity contribution in [1.82, 2.24) is 5.43 Å². The van der Waals surface area contributed by atoms with Gasteiger partial charge in [-0.15, -0.1) is 0 Å². The lowest BCUT2D eigenvalue weighted by molar-refractivity contribution is -0.123. The van der Waals surface area contributed by atoms with E-state index in [9.17, 15) is 4.79 Å². The van der Waals surface area contributed by atoms with Crippen LogP contribution in [0.15, 0.2) is 65.8 Å². The molecule has 1 N–H and O–H groups in total. The van der Waals surface area contributed by atoms with E-state index in [2.05, 4.69) is 10.5 Å². The summed E-state index contributed by atoms with van der Waals surface area (Å²) in [5.74, 6) is 0.00258. The summed E-state index contributed by atoms with van der Waals surface area (Å²) in [5, 5.41) is 7.05. The topological polar surface area (TPSA) is 50.7 Å². The zero-order valence-electron chi connectivity index (χ0n) is 13.1. The Morgan fingerprint density at radius 3 is 2.64 bits per heavy atom. The maximum atomic E-state index is 11.8. The molecule has 0 radical (unpaired) electrons. The van der Waals surface area contributed by atoms with Crippen LogP contribution in [0.25, 0.3) is 10.8 Å². The third-order valence-corrected chi connectivity index (χ3v) is 3.96. The van der Waals surface area contributed by atoms with Crippen molar-refractivity contribution in [2.75, 3.05) is 6.61 Å². The number of hydrogen-bond donors (Lipinski definition) is 1. The Morgan fingerprint density at radius 1 is 1.04 bits per heavy atom. The fourth-order valence-corrected chi connectivity index (χ4v) is 2.70. The van der Waals surface area contributed by atoms with E-state index in [1.54, 1.807) is 24.4 Å². The van der Waals surface area contributed by atoms with E-state index in [0.717, 1.165) is 16.3 Å². The standard InChI is InChI=1S/C19H14Cl2N2O2/c20-16-7-8-18(17(21)10-16)25-12-19(24)23-22-11-13-5-6-14-3-1-2-4-15(14)9-13/h1-11H,12H2,(H,23,24)/b22-11-. The largest absolute Gasteiger partial charge is 0.482 e. The number of amides is 1. The van der Waals surface area contributed by atoms with Crippen molar-refractivity contribution in [1.29, 1.82) is 0 Å². The van der Waals surface area contributed by atoms with Gasteiger partial charge in [0.05, 0.1) is 11.2 Å². The summed E-state index contributed by atoms with van der Waals surface area (Å²) >= 11 is 11.8. The smallest absolute Gasteiger partial charge is 0.277 e. The van der Waals surface area contributed by atoms with Crippen LogP contribution < -0.4 is 10.2 Å². The highest BCUT2D eigenvalue weighted by atomic mass is 35.5. The molecule has 0 heterocycles. The third kappa shape index (κ3) is 4.72. The first-order valence-electron chi connectivity index (χ1n) is 7.50. The molecular formula is C19H14Cl2N2O2. The number of carbonyl (C=O) groups is 1. The predicted octanol–water partition coefficient (Wildman–Crippen LogP) is 4.68. The zero-order chi connectivity index (χ0) is 17.6. The van der Waals surface area contributed by atoms with Gasteiger partial charge in [0.1, 0.15) is 5.75 Å². The Morgan fingerprint density at radius 2 is 1.84 bits per heavy atom. The summed E-state index contributed by atoms with van der Waals surface area (Å²) in [6, 6.07) is 18.8. The average Bonchev–Trinajstić information content (AvgIpc) is 2.61. The molecule has 0 saturated carbocycles. The van der Waals surface area contributed by atoms with Crippen molar-refractivity contribution in [3.63, 3.8) is 0 Å². The molecule has 0 aliphatic rings. The van der Waals surface area contributed by atoms with Crippen LogP contribution in [-0.2, 0) is 4.79 Å². The molecule has 0 bridgehead atoms. The molecule has 0 aliphatic carbocycles. The Hall–Kier alpha value is -2.56. The number of nitrogens with one attached hydrogen (secondary N) is 1. The second-order valence-corrected chi connectivity index (χ2v) is 6.11. The lowest BCUT2D eigenvalue weighted by atomic mass is 10.1. The summed E-state index contributed by atoms with van der Waals surface area (Å²) in [6.07, 6.45) is 1.58. The van der Waals surface area contributed by atoms with Crippen LogP contribution >= 0.6 is 23.2 Å². The van der Waals surface area contributed by atoms with Gasteiger partial charge in [-0.05, 0) is 40.6 Å². The van der Waals surface area contributed by atoms with Gasteiger partial charge in [0.15, 0.2) is 6.61 Å². The van der Waals surface area contributed by atoms with Crippen molar-refractivity contribution >= 4 is 46.1 Å². The molecule has 1 amide bonds. The highest BCUT2D eigenvalue weighted by Crippen LogP contribution is 2.27. The highest BCUT2D eigenvalue weighted by Gasteiger charge is 2.05. The summed E-state index contributed by atoms with van der Waals surface area (Å²) in [6.45, 7) is -0.198. The van der Waals surface area contributed by atoms with E-state index < -0.39 is 0 Å². The van der Waals surface area contributed by atoms with Gasteiger partial charge >= 0.3 is 0 Å². The van der Waals surface area contributed by atoms with E-state index in [1.807, 2.05) is 42.5 Å². The van der Waals surface area contributed by atoms with Gasteiger partial charge in [-0.25, -0.2) is 5.43 Å². The van der Waals surface area contributed by atoms with E-state index in [4.69, 9.17) is 27.9 Å². The Labute approximate surface area is 155 Å². The van der Waals surface area contributed by atoms with Crippen LogP contribution in [0.3, 0.4) is 0 Å². The molecule has 126 valence electrons. The van der Waals surface area contributed by atoms with Gasteiger partial charge in [0.2, 0.25) is 0 Å². The fraction of sp³-hybridized carbons (Fsp3) is 0.0526. The molecule has 4 nitrogen and oxygen atoms in total. The predicted molar refractivity (Wildman–Crippen MR) is 102 cm³/mol. The lowest BCUT2D eigenvalue weighted by Gasteiger charge is -2.07. The van der Waals surface area contributed by atoms with Crippen molar-refractivity contribution in [2.45, 2.75) is 0 Å². The molecule has 0 aliphatic heterocycles. The van der Waals surface area contributed by atoms with Crippen molar-refractivity contribution in [3.05, 3.63) is 76.3 Å². The van der Waals surface area contributed by atoms with Gasteiger partial charge in [-0.3, -0.25) is 4.79 Å². The molecule has 6 heteroatoms. The van der Waals surface area contributed by atoms with Crippen molar-refractivity contribution < 1.29 is 9.53 Å². The summed E-state index contributed by atoms with van der Waals surface area (Å²) in [5.41, 5.74) is 3.31. The highest BCUT2D eigenvalue weighted by molar-refractivity contribution is 6.35. The molecule has 3 aromatic carbocycles. The lowest BCUT2D eigenvalue weighted by Crippen LogP contribution is -2.24. The van der Waals surface area contributed by atoms with Crippen LogP contribution in [0, 0.1) is 0 Å². The van der Waals surface area contributed by atoms with Gasteiger partial charge in [0.25, 0.3) is 5.91 Å². The molecule has 0 spiro atoms. The second-order valence-electron chi connectivity index (χ2n) is 5.26. The Kier molecular flexibility index (Phi) is 5.53. The first-order valence-corrected chi connectivity index (χ1v) is 8.26.